The first-order chi connectivity index (χ1) is 8.45. The van der Waals surface area contributed by atoms with Crippen molar-refractivity contribution < 1.29 is 13.2 Å². The van der Waals surface area contributed by atoms with Crippen molar-refractivity contribution in [1.82, 2.24) is 15.6 Å². The largest absolute Gasteiger partial charge is 0.302 e. The zero-order valence-electron chi connectivity index (χ0n) is 9.64. The molecule has 0 bridgehead atoms. The van der Waals surface area contributed by atoms with Gasteiger partial charge in [0.15, 0.2) is 5.11 Å². The second kappa shape index (κ2) is 6.43. The topological polar surface area (TPSA) is 87.3 Å². The Kier molecular flexibility index (Phi) is 5.20. The van der Waals surface area contributed by atoms with Crippen molar-refractivity contribution in [3.8, 4) is 0 Å². The Morgan fingerprint density at radius 1 is 1.28 bits per heavy atom. The van der Waals surface area contributed by atoms with Gasteiger partial charge in [-0.05, 0) is 24.4 Å². The van der Waals surface area contributed by atoms with E-state index in [0.29, 0.717) is 0 Å². The molecular formula is C10H13N3O3S2. The van der Waals surface area contributed by atoms with E-state index in [-0.39, 0.29) is 22.3 Å². The third-order valence-corrected chi connectivity index (χ3v) is 3.39. The van der Waals surface area contributed by atoms with Gasteiger partial charge in [0.05, 0.1) is 4.90 Å². The molecule has 8 heteroatoms. The van der Waals surface area contributed by atoms with Crippen molar-refractivity contribution in [3.63, 3.8) is 0 Å². The highest BCUT2D eigenvalue weighted by Gasteiger charge is 2.13. The van der Waals surface area contributed by atoms with E-state index in [0.717, 1.165) is 0 Å². The van der Waals surface area contributed by atoms with Crippen LogP contribution < -0.4 is 15.6 Å². The minimum Gasteiger partial charge on any atom is -0.302 e. The maximum absolute atomic E-state index is 11.7. The van der Waals surface area contributed by atoms with E-state index in [1.807, 2.05) is 0 Å². The lowest BCUT2D eigenvalue weighted by Crippen LogP contribution is -2.48. The van der Waals surface area contributed by atoms with Crippen LogP contribution in [0.5, 0.6) is 0 Å². The molecule has 0 aliphatic heterocycles. The molecule has 6 nitrogen and oxygen atoms in total. The molecule has 0 heterocycles. The van der Waals surface area contributed by atoms with Gasteiger partial charge in [-0.1, -0.05) is 25.1 Å². The number of carbonyl (C=O) groups is 1. The molecule has 0 atom stereocenters. The highest BCUT2D eigenvalue weighted by Crippen LogP contribution is 2.05. The Bertz CT molecular complexity index is 529. The first-order valence-corrected chi connectivity index (χ1v) is 7.01. The lowest BCUT2D eigenvalue weighted by molar-refractivity contribution is -0.119. The summed E-state index contributed by atoms with van der Waals surface area (Å²) < 4.78 is 23.5. The quantitative estimate of drug-likeness (QED) is 0.547. The fourth-order valence-corrected chi connectivity index (χ4v) is 2.12. The third-order valence-electron chi connectivity index (χ3n) is 1.93. The Hall–Kier alpha value is -1.51. The SMILES string of the molecule is CCC(=O)NC(=S)NNS(=O)(=O)c1ccccc1. The van der Waals surface area contributed by atoms with E-state index < -0.39 is 10.0 Å². The van der Waals surface area contributed by atoms with Crippen molar-refractivity contribution in [1.29, 1.82) is 0 Å². The molecule has 0 aliphatic carbocycles. The average Bonchev–Trinajstić information content (AvgIpc) is 2.37. The van der Waals surface area contributed by atoms with Gasteiger partial charge in [0.1, 0.15) is 0 Å². The molecule has 3 N–H and O–H groups in total. The molecule has 0 aromatic heterocycles. The maximum Gasteiger partial charge on any atom is 0.257 e. The van der Waals surface area contributed by atoms with E-state index in [2.05, 4.69) is 15.6 Å². The minimum absolute atomic E-state index is 0.0960. The van der Waals surface area contributed by atoms with E-state index in [4.69, 9.17) is 12.2 Å². The highest BCUT2D eigenvalue weighted by molar-refractivity contribution is 7.89. The molecule has 0 saturated heterocycles. The fraction of sp³-hybridized carbons (Fsp3) is 0.200. The summed E-state index contributed by atoms with van der Waals surface area (Å²) in [4.78, 5) is 13.2. The van der Waals surface area contributed by atoms with Crippen LogP contribution in [0, 0.1) is 0 Å². The summed E-state index contributed by atoms with van der Waals surface area (Å²) in [5.74, 6) is -0.300. The van der Waals surface area contributed by atoms with Gasteiger partial charge in [0.25, 0.3) is 10.0 Å². The summed E-state index contributed by atoms with van der Waals surface area (Å²) in [6, 6.07) is 7.80. The molecule has 1 rings (SSSR count). The fourth-order valence-electron chi connectivity index (χ4n) is 1.02. The first-order valence-electron chi connectivity index (χ1n) is 5.12. The van der Waals surface area contributed by atoms with Crippen LogP contribution in [0.1, 0.15) is 13.3 Å². The summed E-state index contributed by atoms with van der Waals surface area (Å²) in [5, 5.41) is 2.21. The summed E-state index contributed by atoms with van der Waals surface area (Å²) in [7, 11) is -3.70. The summed E-state index contributed by atoms with van der Waals surface area (Å²) in [6.45, 7) is 1.66. The standard InChI is InChI=1S/C10H13N3O3S2/c1-2-9(14)11-10(17)12-13-18(15,16)8-6-4-3-5-7-8/h3-7,13H,2H2,1H3,(H2,11,12,14,17). The van der Waals surface area contributed by atoms with Crippen LogP contribution in [-0.4, -0.2) is 19.4 Å². The molecule has 0 aliphatic rings. The van der Waals surface area contributed by atoms with Crippen LogP contribution in [0.15, 0.2) is 35.2 Å². The van der Waals surface area contributed by atoms with E-state index in [1.54, 1.807) is 25.1 Å². The molecule has 1 aromatic carbocycles. The number of carbonyl (C=O) groups excluding carboxylic acids is 1. The van der Waals surface area contributed by atoms with E-state index in [1.165, 1.54) is 12.1 Å². The number of amides is 1. The first kappa shape index (κ1) is 14.6. The highest BCUT2D eigenvalue weighted by atomic mass is 32.2. The number of hydrazine groups is 1. The molecule has 98 valence electrons. The predicted octanol–water partition coefficient (Wildman–Crippen LogP) is 0.281. The van der Waals surface area contributed by atoms with Gasteiger partial charge in [-0.15, -0.1) is 4.83 Å². The van der Waals surface area contributed by atoms with Gasteiger partial charge in [0, 0.05) is 6.42 Å². The number of hydrogen-bond acceptors (Lipinski definition) is 4. The lowest BCUT2D eigenvalue weighted by atomic mass is 10.4. The van der Waals surface area contributed by atoms with Gasteiger partial charge >= 0.3 is 0 Å². The van der Waals surface area contributed by atoms with Gasteiger partial charge < -0.3 is 5.32 Å². The number of rotatable bonds is 4. The molecule has 1 aromatic rings. The second-order valence-electron chi connectivity index (χ2n) is 3.27. The third kappa shape index (κ3) is 4.40. The van der Waals surface area contributed by atoms with Gasteiger partial charge in [0.2, 0.25) is 5.91 Å². The monoisotopic (exact) mass is 287 g/mol. The molecule has 1 amide bonds. The Morgan fingerprint density at radius 3 is 2.44 bits per heavy atom. The number of hydrogen-bond donors (Lipinski definition) is 3. The molecule has 0 spiro atoms. The van der Waals surface area contributed by atoms with Crippen molar-refractivity contribution in [3.05, 3.63) is 30.3 Å². The minimum atomic E-state index is -3.70. The number of sulfonamides is 1. The molecular weight excluding hydrogens is 274 g/mol. The summed E-state index contributed by atoms with van der Waals surface area (Å²) >= 11 is 4.74. The summed E-state index contributed by atoms with van der Waals surface area (Å²) in [6.07, 6.45) is 0.257. The molecule has 0 unspecified atom stereocenters. The molecule has 0 saturated carbocycles. The molecule has 0 fully saturated rings. The van der Waals surface area contributed by atoms with Crippen LogP contribution in [0.2, 0.25) is 0 Å². The summed E-state index contributed by atoms with van der Waals surface area (Å²) in [5.41, 5.74) is 2.25. The van der Waals surface area contributed by atoms with Crippen molar-refractivity contribution in [2.45, 2.75) is 18.2 Å². The normalized spacial score (nSPS) is 10.7. The Balaban J connectivity index is 2.58. The number of benzene rings is 1. The van der Waals surface area contributed by atoms with E-state index >= 15 is 0 Å². The smallest absolute Gasteiger partial charge is 0.257 e. The van der Waals surface area contributed by atoms with Crippen molar-refractivity contribution in [2.75, 3.05) is 0 Å². The van der Waals surface area contributed by atoms with Crippen LogP contribution in [0.4, 0.5) is 0 Å². The van der Waals surface area contributed by atoms with Crippen LogP contribution in [-0.2, 0) is 14.8 Å². The zero-order chi connectivity index (χ0) is 13.6. The average molecular weight is 287 g/mol. The second-order valence-corrected chi connectivity index (χ2v) is 5.37. The van der Waals surface area contributed by atoms with Gasteiger partial charge in [-0.25, -0.2) is 8.42 Å². The van der Waals surface area contributed by atoms with Gasteiger partial charge in [-0.3, -0.25) is 10.2 Å². The van der Waals surface area contributed by atoms with Crippen molar-refractivity contribution in [2.24, 2.45) is 0 Å². The Morgan fingerprint density at radius 2 is 1.89 bits per heavy atom. The van der Waals surface area contributed by atoms with Gasteiger partial charge in [-0.2, -0.15) is 0 Å². The van der Waals surface area contributed by atoms with Crippen LogP contribution in [0.25, 0.3) is 0 Å². The molecule has 18 heavy (non-hydrogen) atoms. The predicted molar refractivity (Wildman–Crippen MR) is 70.9 cm³/mol. The van der Waals surface area contributed by atoms with Crippen LogP contribution >= 0.6 is 12.2 Å². The maximum atomic E-state index is 11.7. The molecule has 0 radical (unpaired) electrons. The van der Waals surface area contributed by atoms with Crippen molar-refractivity contribution >= 4 is 33.3 Å². The number of nitrogens with one attached hydrogen (secondary N) is 3. The zero-order valence-corrected chi connectivity index (χ0v) is 11.3. The Labute approximate surface area is 111 Å². The number of thiocarbonyl (C=S) groups is 1. The lowest BCUT2D eigenvalue weighted by Gasteiger charge is -2.10. The van der Waals surface area contributed by atoms with Crippen LogP contribution in [0.3, 0.4) is 0 Å². The van der Waals surface area contributed by atoms with E-state index in [9.17, 15) is 13.2 Å².